The highest BCUT2D eigenvalue weighted by Gasteiger charge is 2.32. The molecular formula is C3H5ClO. The maximum Gasteiger partial charge on any atom is 0.0719 e. The van der Waals surface area contributed by atoms with Crippen LogP contribution in [0.1, 0.15) is 6.42 Å². The molecule has 5 heavy (non-hydrogen) atoms. The molecule has 0 aromatic heterocycles. The second kappa shape index (κ2) is 0.854. The van der Waals surface area contributed by atoms with E-state index in [1.165, 1.54) is 0 Å². The highest BCUT2D eigenvalue weighted by Crippen LogP contribution is 2.26. The molecule has 1 aliphatic carbocycles. The average Bonchev–Trinajstić information content (AvgIpc) is 1.79. The van der Waals surface area contributed by atoms with Gasteiger partial charge in [-0.15, -0.1) is 11.6 Å². The molecule has 2 heteroatoms. The van der Waals surface area contributed by atoms with Crippen LogP contribution in [0.5, 0.6) is 0 Å². The molecule has 0 saturated heterocycles. The number of alkyl halides is 1. The molecule has 1 N–H and O–H groups in total. The van der Waals surface area contributed by atoms with Crippen molar-refractivity contribution in [3.05, 3.63) is 0 Å². The number of hydrogen-bond donors (Lipinski definition) is 1. The lowest BCUT2D eigenvalue weighted by molar-refractivity contribution is 0.280. The Hall–Kier alpha value is 0.250. The van der Waals surface area contributed by atoms with Gasteiger partial charge in [0.2, 0.25) is 0 Å². The fraction of sp³-hybridized carbons (Fsp3) is 1.00. The van der Waals surface area contributed by atoms with Crippen LogP contribution >= 0.6 is 11.6 Å². The van der Waals surface area contributed by atoms with Gasteiger partial charge >= 0.3 is 0 Å². The zero-order valence-corrected chi connectivity index (χ0v) is 3.44. The molecule has 1 fully saturated rings. The van der Waals surface area contributed by atoms with Crippen molar-refractivity contribution in [2.45, 2.75) is 17.9 Å². The third-order valence-electron chi connectivity index (χ3n) is 0.681. The molecule has 0 aliphatic heterocycles. The third-order valence-corrected chi connectivity index (χ3v) is 1.15. The number of rotatable bonds is 0. The Balaban J connectivity index is 2.20. The summed E-state index contributed by atoms with van der Waals surface area (Å²) in [5, 5.41) is 8.38. The van der Waals surface area contributed by atoms with Crippen LogP contribution in [-0.2, 0) is 0 Å². The summed E-state index contributed by atoms with van der Waals surface area (Å²) in [6.07, 6.45) is 0.610. The SMILES string of the molecule is O[C@H]1C[C@H]1Cl. The van der Waals surface area contributed by atoms with E-state index in [4.69, 9.17) is 16.7 Å². The number of aliphatic hydroxyl groups is 1. The molecule has 30 valence electrons. The zero-order valence-electron chi connectivity index (χ0n) is 2.69. The molecular weight excluding hydrogens is 87.5 g/mol. The second-order valence-corrected chi connectivity index (χ2v) is 1.88. The molecule has 0 bridgehead atoms. The van der Waals surface area contributed by atoms with Crippen molar-refractivity contribution in [2.75, 3.05) is 0 Å². The molecule has 0 aromatic rings. The molecule has 0 radical (unpaired) electrons. The lowest BCUT2D eigenvalue weighted by Crippen LogP contribution is -1.77. The fourth-order valence-electron chi connectivity index (χ4n) is 0.152. The minimum Gasteiger partial charge on any atom is -0.392 e. The molecule has 0 aromatic carbocycles. The molecule has 1 saturated carbocycles. The topological polar surface area (TPSA) is 20.2 Å². The second-order valence-electron chi connectivity index (χ2n) is 1.32. The Labute approximate surface area is 35.6 Å². The minimum atomic E-state index is -0.184. The summed E-state index contributed by atoms with van der Waals surface area (Å²) in [6.45, 7) is 0. The molecule has 0 amide bonds. The lowest BCUT2D eigenvalue weighted by Gasteiger charge is -1.66. The van der Waals surface area contributed by atoms with Gasteiger partial charge < -0.3 is 5.11 Å². The molecule has 0 spiro atoms. The summed E-state index contributed by atoms with van der Waals surface area (Å²) in [5.41, 5.74) is 0. The van der Waals surface area contributed by atoms with E-state index in [-0.39, 0.29) is 11.5 Å². The largest absolute Gasteiger partial charge is 0.392 e. The Morgan fingerprint density at radius 3 is 2.00 bits per heavy atom. The van der Waals surface area contributed by atoms with E-state index in [0.29, 0.717) is 0 Å². The summed E-state index contributed by atoms with van der Waals surface area (Å²) >= 11 is 5.29. The van der Waals surface area contributed by atoms with Gasteiger partial charge in [0.1, 0.15) is 0 Å². The van der Waals surface area contributed by atoms with Crippen LogP contribution in [0.4, 0.5) is 0 Å². The fourth-order valence-corrected chi connectivity index (χ4v) is 0.335. The summed E-state index contributed by atoms with van der Waals surface area (Å²) in [5.74, 6) is 0. The van der Waals surface area contributed by atoms with Gasteiger partial charge in [-0.1, -0.05) is 0 Å². The van der Waals surface area contributed by atoms with Crippen LogP contribution in [0.25, 0.3) is 0 Å². The van der Waals surface area contributed by atoms with Crippen LogP contribution in [-0.4, -0.2) is 16.6 Å². The summed E-state index contributed by atoms with van der Waals surface area (Å²) in [6, 6.07) is 0. The van der Waals surface area contributed by atoms with Crippen LogP contribution in [0.3, 0.4) is 0 Å². The number of halogens is 1. The standard InChI is InChI=1S/C3H5ClO/c4-2-1-3(2)5/h2-3,5H,1H2/t2-,3+/m1/s1. The van der Waals surface area contributed by atoms with E-state index in [1.54, 1.807) is 0 Å². The predicted octanol–water partition coefficient (Wildman–Crippen LogP) is 0.358. The summed E-state index contributed by atoms with van der Waals surface area (Å²) in [7, 11) is 0. The monoisotopic (exact) mass is 92.0 g/mol. The van der Waals surface area contributed by atoms with E-state index >= 15 is 0 Å². The minimum absolute atomic E-state index is 0.0787. The van der Waals surface area contributed by atoms with E-state index in [2.05, 4.69) is 0 Å². The highest BCUT2D eigenvalue weighted by atomic mass is 35.5. The Bertz CT molecular complexity index is 40.2. The van der Waals surface area contributed by atoms with Crippen molar-refractivity contribution in [2.24, 2.45) is 0 Å². The Kier molecular flexibility index (Phi) is 0.588. The normalized spacial score (nSPS) is 49.2. The van der Waals surface area contributed by atoms with Crippen molar-refractivity contribution >= 4 is 11.6 Å². The van der Waals surface area contributed by atoms with Crippen molar-refractivity contribution in [3.8, 4) is 0 Å². The first-order valence-corrected chi connectivity index (χ1v) is 2.06. The summed E-state index contributed by atoms with van der Waals surface area (Å²) in [4.78, 5) is 0. The van der Waals surface area contributed by atoms with Gasteiger partial charge in [0.25, 0.3) is 0 Å². The quantitative estimate of drug-likeness (QED) is 0.428. The smallest absolute Gasteiger partial charge is 0.0719 e. The third kappa shape index (κ3) is 0.551. The van der Waals surface area contributed by atoms with Gasteiger partial charge in [-0.05, 0) is 6.42 Å². The number of aliphatic hydroxyl groups excluding tert-OH is 1. The van der Waals surface area contributed by atoms with Crippen molar-refractivity contribution in [3.63, 3.8) is 0 Å². The van der Waals surface area contributed by atoms with Crippen LogP contribution in [0.15, 0.2) is 0 Å². The van der Waals surface area contributed by atoms with Crippen LogP contribution in [0, 0.1) is 0 Å². The highest BCUT2D eigenvalue weighted by molar-refractivity contribution is 6.22. The first kappa shape index (κ1) is 3.44. The van der Waals surface area contributed by atoms with Crippen LogP contribution < -0.4 is 0 Å². The van der Waals surface area contributed by atoms with E-state index in [9.17, 15) is 0 Å². The molecule has 1 nitrogen and oxygen atoms in total. The first-order chi connectivity index (χ1) is 2.30. The van der Waals surface area contributed by atoms with Crippen LogP contribution in [0.2, 0.25) is 0 Å². The lowest BCUT2D eigenvalue weighted by atomic mass is 10.9. The Morgan fingerprint density at radius 2 is 2.00 bits per heavy atom. The number of hydrogen-bond acceptors (Lipinski definition) is 1. The average molecular weight is 92.5 g/mol. The summed E-state index contributed by atoms with van der Waals surface area (Å²) < 4.78 is 0. The molecule has 1 aliphatic rings. The van der Waals surface area contributed by atoms with Gasteiger partial charge in [0.15, 0.2) is 0 Å². The Morgan fingerprint density at radius 1 is 1.80 bits per heavy atom. The van der Waals surface area contributed by atoms with Gasteiger partial charge in [0.05, 0.1) is 11.5 Å². The van der Waals surface area contributed by atoms with Gasteiger partial charge in [-0.2, -0.15) is 0 Å². The van der Waals surface area contributed by atoms with E-state index in [1.807, 2.05) is 0 Å². The first-order valence-electron chi connectivity index (χ1n) is 1.63. The zero-order chi connectivity index (χ0) is 3.86. The maximum atomic E-state index is 8.30. The molecule has 2 atom stereocenters. The van der Waals surface area contributed by atoms with E-state index in [0.717, 1.165) is 6.42 Å². The van der Waals surface area contributed by atoms with Crippen molar-refractivity contribution in [1.82, 2.24) is 0 Å². The van der Waals surface area contributed by atoms with E-state index < -0.39 is 0 Å². The van der Waals surface area contributed by atoms with Gasteiger partial charge in [0, 0.05) is 0 Å². The predicted molar refractivity (Wildman–Crippen MR) is 20.3 cm³/mol. The van der Waals surface area contributed by atoms with Crippen molar-refractivity contribution in [1.29, 1.82) is 0 Å². The van der Waals surface area contributed by atoms with Gasteiger partial charge in [-0.25, -0.2) is 0 Å². The molecule has 0 unspecified atom stereocenters. The molecule has 1 rings (SSSR count). The molecule has 0 heterocycles. The van der Waals surface area contributed by atoms with Gasteiger partial charge in [-0.3, -0.25) is 0 Å². The maximum absolute atomic E-state index is 8.30. The van der Waals surface area contributed by atoms with Crippen molar-refractivity contribution < 1.29 is 5.11 Å².